The van der Waals surface area contributed by atoms with E-state index in [-0.39, 0.29) is 25.5 Å². The molecule has 9 heteroatoms. The Morgan fingerprint density at radius 3 is 2.92 bits per heavy atom. The van der Waals surface area contributed by atoms with E-state index in [0.29, 0.717) is 25.3 Å². The van der Waals surface area contributed by atoms with E-state index >= 15 is 0 Å². The first-order valence-electron chi connectivity index (χ1n) is 7.81. The molecule has 0 atom stereocenters. The fourth-order valence-corrected chi connectivity index (χ4v) is 2.81. The number of hydrogen-bond donors (Lipinski definition) is 2. The third kappa shape index (κ3) is 3.46. The molecule has 24 heavy (non-hydrogen) atoms. The Morgan fingerprint density at radius 1 is 1.33 bits per heavy atom. The molecule has 0 saturated carbocycles. The number of rotatable bonds is 4. The minimum absolute atomic E-state index is 0.0618. The first-order valence-corrected chi connectivity index (χ1v) is 7.81. The third-order valence-electron chi connectivity index (χ3n) is 4.04. The molecule has 0 unspecified atom stereocenters. The number of aromatic nitrogens is 4. The van der Waals surface area contributed by atoms with Crippen molar-refractivity contribution in [3.63, 3.8) is 0 Å². The number of carbonyl (C=O) groups is 1. The standard InChI is InChI=1S/C15H19N5O4/c21-10-11-8-12-9-19(4-1-5-20(12)17-11)14(23)3-7-18-6-2-13(22)16-15(18)24/h2,6,8,21H,1,3-5,7,9-10H2,(H,16,22,24). The van der Waals surface area contributed by atoms with Crippen molar-refractivity contribution in [2.24, 2.45) is 0 Å². The van der Waals surface area contributed by atoms with Crippen molar-refractivity contribution >= 4 is 5.91 Å². The van der Waals surface area contributed by atoms with Gasteiger partial charge < -0.3 is 14.6 Å². The highest BCUT2D eigenvalue weighted by Gasteiger charge is 2.20. The van der Waals surface area contributed by atoms with Crippen LogP contribution in [0.2, 0.25) is 0 Å². The highest BCUT2D eigenvalue weighted by Crippen LogP contribution is 2.14. The van der Waals surface area contributed by atoms with Gasteiger partial charge in [-0.3, -0.25) is 19.3 Å². The van der Waals surface area contributed by atoms with Gasteiger partial charge >= 0.3 is 5.69 Å². The topological polar surface area (TPSA) is 113 Å². The average molecular weight is 333 g/mol. The van der Waals surface area contributed by atoms with Crippen LogP contribution in [0.3, 0.4) is 0 Å². The predicted molar refractivity (Wildman–Crippen MR) is 84.1 cm³/mol. The zero-order valence-corrected chi connectivity index (χ0v) is 13.1. The number of amides is 1. The first kappa shape index (κ1) is 16.2. The van der Waals surface area contributed by atoms with Gasteiger partial charge in [-0.1, -0.05) is 0 Å². The molecule has 0 fully saturated rings. The molecule has 0 radical (unpaired) electrons. The van der Waals surface area contributed by atoms with E-state index in [9.17, 15) is 19.5 Å². The highest BCUT2D eigenvalue weighted by atomic mass is 16.3. The molecule has 1 amide bonds. The zero-order valence-electron chi connectivity index (χ0n) is 13.1. The van der Waals surface area contributed by atoms with Gasteiger partial charge in [-0.25, -0.2) is 4.79 Å². The summed E-state index contributed by atoms with van der Waals surface area (Å²) in [5.74, 6) is -0.0618. The summed E-state index contributed by atoms with van der Waals surface area (Å²) in [6, 6.07) is 3.06. The highest BCUT2D eigenvalue weighted by molar-refractivity contribution is 5.76. The van der Waals surface area contributed by atoms with Crippen LogP contribution in [0.5, 0.6) is 0 Å². The molecule has 1 aliphatic rings. The molecule has 2 N–H and O–H groups in total. The number of aromatic amines is 1. The van der Waals surface area contributed by atoms with Crippen molar-refractivity contribution in [1.29, 1.82) is 0 Å². The Bertz CT molecular complexity index is 850. The van der Waals surface area contributed by atoms with Crippen LogP contribution in [0.4, 0.5) is 0 Å². The number of aliphatic hydroxyl groups excluding tert-OH is 1. The van der Waals surface area contributed by atoms with Crippen LogP contribution in [0.1, 0.15) is 24.2 Å². The number of fused-ring (bicyclic) bond motifs is 1. The van der Waals surface area contributed by atoms with Gasteiger partial charge in [-0.2, -0.15) is 5.10 Å². The number of carbonyl (C=O) groups excluding carboxylic acids is 1. The number of nitrogens with one attached hydrogen (secondary N) is 1. The fraction of sp³-hybridized carbons (Fsp3) is 0.467. The maximum atomic E-state index is 12.4. The molecule has 0 aliphatic carbocycles. The minimum Gasteiger partial charge on any atom is -0.390 e. The minimum atomic E-state index is -0.517. The molecule has 0 saturated heterocycles. The number of hydrogen-bond acceptors (Lipinski definition) is 5. The maximum Gasteiger partial charge on any atom is 0.328 e. The van der Waals surface area contributed by atoms with Gasteiger partial charge in [0.25, 0.3) is 5.56 Å². The Morgan fingerprint density at radius 2 is 2.17 bits per heavy atom. The summed E-state index contributed by atoms with van der Waals surface area (Å²) < 4.78 is 3.14. The lowest BCUT2D eigenvalue weighted by atomic mass is 10.3. The van der Waals surface area contributed by atoms with E-state index in [1.165, 1.54) is 16.8 Å². The van der Waals surface area contributed by atoms with Crippen LogP contribution in [0, 0.1) is 0 Å². The average Bonchev–Trinajstić information content (AvgIpc) is 2.84. The normalized spacial score (nSPS) is 14.3. The Balaban J connectivity index is 1.66. The molecule has 0 aromatic carbocycles. The van der Waals surface area contributed by atoms with E-state index < -0.39 is 11.2 Å². The summed E-state index contributed by atoms with van der Waals surface area (Å²) in [5, 5.41) is 13.5. The number of aryl methyl sites for hydroxylation is 2. The monoisotopic (exact) mass is 333 g/mol. The van der Waals surface area contributed by atoms with Crippen molar-refractivity contribution in [2.45, 2.75) is 39.1 Å². The summed E-state index contributed by atoms with van der Waals surface area (Å²) in [6.45, 7) is 1.86. The van der Waals surface area contributed by atoms with Crippen LogP contribution >= 0.6 is 0 Å². The Labute approximate surface area is 137 Å². The second kappa shape index (κ2) is 6.83. The number of H-pyrrole nitrogens is 1. The summed E-state index contributed by atoms with van der Waals surface area (Å²) in [4.78, 5) is 39.0. The largest absolute Gasteiger partial charge is 0.390 e. The second-order valence-electron chi connectivity index (χ2n) is 5.73. The van der Waals surface area contributed by atoms with Crippen molar-refractivity contribution in [3.8, 4) is 0 Å². The van der Waals surface area contributed by atoms with E-state index in [1.807, 2.05) is 4.68 Å². The third-order valence-corrected chi connectivity index (χ3v) is 4.04. The van der Waals surface area contributed by atoms with Gasteiger partial charge in [-0.15, -0.1) is 0 Å². The lowest BCUT2D eigenvalue weighted by molar-refractivity contribution is -0.132. The molecular weight excluding hydrogens is 314 g/mol. The lowest BCUT2D eigenvalue weighted by Gasteiger charge is -2.20. The van der Waals surface area contributed by atoms with Gasteiger partial charge in [0.1, 0.15) is 0 Å². The summed E-state index contributed by atoms with van der Waals surface area (Å²) in [6.07, 6.45) is 2.34. The second-order valence-corrected chi connectivity index (χ2v) is 5.73. The Hall–Kier alpha value is -2.68. The Kier molecular flexibility index (Phi) is 4.61. The number of nitrogens with zero attached hydrogens (tertiary/aromatic N) is 4. The molecule has 1 aliphatic heterocycles. The first-order chi connectivity index (χ1) is 11.6. The molecule has 0 spiro atoms. The summed E-state index contributed by atoms with van der Waals surface area (Å²) in [5.41, 5.74) is 0.519. The molecule has 2 aromatic heterocycles. The molecule has 0 bridgehead atoms. The van der Waals surface area contributed by atoms with Gasteiger partial charge in [0.05, 0.1) is 24.5 Å². The van der Waals surface area contributed by atoms with Crippen LogP contribution in [0.25, 0.3) is 0 Å². The van der Waals surface area contributed by atoms with Crippen molar-refractivity contribution in [2.75, 3.05) is 6.54 Å². The molecular formula is C15H19N5O4. The van der Waals surface area contributed by atoms with Crippen molar-refractivity contribution < 1.29 is 9.90 Å². The van der Waals surface area contributed by atoms with Gasteiger partial charge in [0.2, 0.25) is 5.91 Å². The van der Waals surface area contributed by atoms with E-state index in [0.717, 1.165) is 12.1 Å². The van der Waals surface area contributed by atoms with Gasteiger partial charge in [-0.05, 0) is 12.5 Å². The molecule has 3 rings (SSSR count). The fourth-order valence-electron chi connectivity index (χ4n) is 2.81. The van der Waals surface area contributed by atoms with Crippen molar-refractivity contribution in [3.05, 3.63) is 50.6 Å². The zero-order chi connectivity index (χ0) is 17.1. The predicted octanol–water partition coefficient (Wildman–Crippen LogP) is -0.952. The van der Waals surface area contributed by atoms with E-state index in [2.05, 4.69) is 10.1 Å². The van der Waals surface area contributed by atoms with Gasteiger partial charge in [0, 0.05) is 38.3 Å². The quantitative estimate of drug-likeness (QED) is 0.749. The molecule has 3 heterocycles. The maximum absolute atomic E-state index is 12.4. The molecule has 128 valence electrons. The summed E-state index contributed by atoms with van der Waals surface area (Å²) >= 11 is 0. The molecule has 2 aromatic rings. The van der Waals surface area contributed by atoms with Crippen LogP contribution < -0.4 is 11.2 Å². The van der Waals surface area contributed by atoms with Crippen molar-refractivity contribution in [1.82, 2.24) is 24.2 Å². The smallest absolute Gasteiger partial charge is 0.328 e. The lowest BCUT2D eigenvalue weighted by Crippen LogP contribution is -2.34. The van der Waals surface area contributed by atoms with E-state index in [4.69, 9.17) is 0 Å². The van der Waals surface area contributed by atoms with Crippen LogP contribution in [-0.4, -0.2) is 41.8 Å². The van der Waals surface area contributed by atoms with Gasteiger partial charge in [0.15, 0.2) is 0 Å². The number of aliphatic hydroxyl groups is 1. The SMILES string of the molecule is O=C(CCn1ccc(=O)[nH]c1=O)N1CCCn2nc(CO)cc2C1. The summed E-state index contributed by atoms with van der Waals surface area (Å²) in [7, 11) is 0. The van der Waals surface area contributed by atoms with Crippen LogP contribution in [0.15, 0.2) is 27.9 Å². The van der Waals surface area contributed by atoms with E-state index in [1.54, 1.807) is 11.0 Å². The molecule has 9 nitrogen and oxygen atoms in total. The van der Waals surface area contributed by atoms with Crippen LogP contribution in [-0.2, 0) is 31.0 Å².